The van der Waals surface area contributed by atoms with Gasteiger partial charge in [0.1, 0.15) is 0 Å². The predicted molar refractivity (Wildman–Crippen MR) is 103 cm³/mol. The first kappa shape index (κ1) is 16.1. The maximum atomic E-state index is 12.0. The molecule has 0 aliphatic carbocycles. The molecule has 0 bridgehead atoms. The summed E-state index contributed by atoms with van der Waals surface area (Å²) >= 11 is 5.05. The van der Waals surface area contributed by atoms with E-state index in [0.29, 0.717) is 5.75 Å². The van der Waals surface area contributed by atoms with E-state index in [1.807, 2.05) is 36.4 Å². The van der Waals surface area contributed by atoms with E-state index in [0.717, 1.165) is 15.9 Å². The minimum absolute atomic E-state index is 0.0164. The van der Waals surface area contributed by atoms with Crippen molar-refractivity contribution in [1.29, 1.82) is 0 Å². The van der Waals surface area contributed by atoms with Crippen molar-refractivity contribution >= 4 is 50.1 Å². The lowest BCUT2D eigenvalue weighted by Gasteiger charge is -2.07. The van der Waals surface area contributed by atoms with Gasteiger partial charge in [-0.2, -0.15) is 0 Å². The lowest BCUT2D eigenvalue weighted by Crippen LogP contribution is -2.14. The van der Waals surface area contributed by atoms with Gasteiger partial charge in [0.15, 0.2) is 0 Å². The van der Waals surface area contributed by atoms with Gasteiger partial charge in [-0.1, -0.05) is 54.6 Å². The maximum absolute atomic E-state index is 12.0. The number of hydrogen-bond acceptors (Lipinski definition) is 2. The Morgan fingerprint density at radius 2 is 1.70 bits per heavy atom. The van der Waals surface area contributed by atoms with Gasteiger partial charge in [-0.05, 0) is 44.4 Å². The van der Waals surface area contributed by atoms with E-state index in [1.54, 1.807) is 11.8 Å². The summed E-state index contributed by atoms with van der Waals surface area (Å²) in [4.78, 5) is 12.0. The topological polar surface area (TPSA) is 29.1 Å². The summed E-state index contributed by atoms with van der Waals surface area (Å²) < 4.78 is 0.896. The van der Waals surface area contributed by atoms with Crippen LogP contribution < -0.4 is 5.32 Å². The number of hydrogen-bond donors (Lipinski definition) is 1. The van der Waals surface area contributed by atoms with E-state index in [-0.39, 0.29) is 5.91 Å². The van der Waals surface area contributed by atoms with Crippen molar-refractivity contribution in [3.8, 4) is 0 Å². The molecule has 0 aliphatic heterocycles. The molecule has 2 nitrogen and oxygen atoms in total. The molecule has 0 unspecified atom stereocenters. The third-order valence-corrected chi connectivity index (χ3v) is 5.16. The molecule has 0 fully saturated rings. The Hall–Kier alpha value is -1.78. The average Bonchev–Trinajstić information content (AvgIpc) is 2.57. The third-order valence-electron chi connectivity index (χ3n) is 3.46. The van der Waals surface area contributed by atoms with Crippen molar-refractivity contribution in [3.63, 3.8) is 0 Å². The first-order valence-electron chi connectivity index (χ1n) is 7.32. The van der Waals surface area contributed by atoms with Crippen LogP contribution >= 0.6 is 27.7 Å². The molecule has 116 valence electrons. The molecule has 0 aromatic heterocycles. The minimum Gasteiger partial charge on any atom is -0.324 e. The van der Waals surface area contributed by atoms with Gasteiger partial charge in [-0.3, -0.25) is 4.79 Å². The van der Waals surface area contributed by atoms with Crippen molar-refractivity contribution in [2.24, 2.45) is 0 Å². The Morgan fingerprint density at radius 1 is 0.957 bits per heavy atom. The molecule has 1 N–H and O–H groups in total. The summed E-state index contributed by atoms with van der Waals surface area (Å²) in [6, 6.07) is 22.4. The Morgan fingerprint density at radius 3 is 2.52 bits per heavy atom. The van der Waals surface area contributed by atoms with Crippen LogP contribution in [-0.2, 0) is 10.5 Å². The Labute approximate surface area is 148 Å². The molecule has 1 amide bonds. The van der Waals surface area contributed by atoms with Crippen molar-refractivity contribution in [2.75, 3.05) is 11.1 Å². The summed E-state index contributed by atoms with van der Waals surface area (Å²) in [5.74, 6) is 1.28. The van der Waals surface area contributed by atoms with Crippen molar-refractivity contribution < 1.29 is 4.79 Å². The predicted octanol–water partition coefficient (Wildman–Crippen LogP) is 5.47. The van der Waals surface area contributed by atoms with Crippen molar-refractivity contribution in [2.45, 2.75) is 5.75 Å². The number of carbonyl (C=O) groups is 1. The van der Waals surface area contributed by atoms with Gasteiger partial charge >= 0.3 is 0 Å². The summed E-state index contributed by atoms with van der Waals surface area (Å²) in [6.07, 6.45) is 0. The highest BCUT2D eigenvalue weighted by molar-refractivity contribution is 9.10. The quantitative estimate of drug-likeness (QED) is 0.630. The van der Waals surface area contributed by atoms with Gasteiger partial charge in [0, 0.05) is 10.2 Å². The van der Waals surface area contributed by atoms with E-state index in [9.17, 15) is 4.79 Å². The number of rotatable bonds is 5. The molecule has 0 saturated heterocycles. The van der Waals surface area contributed by atoms with Crippen molar-refractivity contribution in [1.82, 2.24) is 0 Å². The van der Waals surface area contributed by atoms with Crippen LogP contribution in [0.1, 0.15) is 5.56 Å². The molecule has 3 aromatic rings. The summed E-state index contributed by atoms with van der Waals surface area (Å²) in [5.41, 5.74) is 2.05. The fourth-order valence-electron chi connectivity index (χ4n) is 2.34. The number of carbonyl (C=O) groups excluding carboxylic acids is 1. The highest BCUT2D eigenvalue weighted by Crippen LogP contribution is 2.22. The molecule has 4 heteroatoms. The van der Waals surface area contributed by atoms with Crippen LogP contribution in [0.25, 0.3) is 10.8 Å². The van der Waals surface area contributed by atoms with Crippen LogP contribution in [0.5, 0.6) is 0 Å². The molecule has 0 atom stereocenters. The zero-order valence-corrected chi connectivity index (χ0v) is 14.9. The third kappa shape index (κ3) is 4.36. The van der Waals surface area contributed by atoms with Gasteiger partial charge in [0.2, 0.25) is 5.91 Å². The van der Waals surface area contributed by atoms with Crippen molar-refractivity contribution in [3.05, 3.63) is 76.8 Å². The fourth-order valence-corrected chi connectivity index (χ4v) is 3.50. The van der Waals surface area contributed by atoms with Gasteiger partial charge in [0.05, 0.1) is 11.4 Å². The van der Waals surface area contributed by atoms with E-state index >= 15 is 0 Å². The van der Waals surface area contributed by atoms with E-state index < -0.39 is 0 Å². The number of benzene rings is 3. The smallest absolute Gasteiger partial charge is 0.234 e. The molecular formula is C19H16BrNOS. The number of nitrogens with one attached hydrogen (secondary N) is 1. The number of fused-ring (bicyclic) bond motifs is 1. The molecule has 3 aromatic carbocycles. The second-order valence-electron chi connectivity index (χ2n) is 5.20. The lowest BCUT2D eigenvalue weighted by molar-refractivity contribution is -0.113. The normalized spacial score (nSPS) is 10.7. The number of amides is 1. The molecule has 0 aliphatic rings. The lowest BCUT2D eigenvalue weighted by atomic mass is 10.1. The zero-order valence-electron chi connectivity index (χ0n) is 12.5. The van der Waals surface area contributed by atoms with Gasteiger partial charge < -0.3 is 5.32 Å². The SMILES string of the molecule is O=C(CSCc1ccc2ccccc2c1)Nc1ccccc1Br. The van der Waals surface area contributed by atoms with Gasteiger partial charge in [-0.15, -0.1) is 11.8 Å². The molecule has 0 heterocycles. The highest BCUT2D eigenvalue weighted by Gasteiger charge is 2.05. The second-order valence-corrected chi connectivity index (χ2v) is 7.04. The maximum Gasteiger partial charge on any atom is 0.234 e. The first-order valence-corrected chi connectivity index (χ1v) is 9.27. The Bertz CT molecular complexity index is 834. The molecule has 3 rings (SSSR count). The van der Waals surface area contributed by atoms with Gasteiger partial charge in [-0.25, -0.2) is 0 Å². The standard InChI is InChI=1S/C19H16BrNOS/c20-17-7-3-4-8-18(17)21-19(22)13-23-12-14-9-10-15-5-1-2-6-16(15)11-14/h1-11H,12-13H2,(H,21,22). The summed E-state index contributed by atoms with van der Waals surface area (Å²) in [6.45, 7) is 0. The number of halogens is 1. The highest BCUT2D eigenvalue weighted by atomic mass is 79.9. The molecule has 0 saturated carbocycles. The molecular weight excluding hydrogens is 370 g/mol. The Kier molecular flexibility index (Phi) is 5.36. The van der Waals surface area contributed by atoms with Crippen LogP contribution in [0.3, 0.4) is 0 Å². The summed E-state index contributed by atoms with van der Waals surface area (Å²) in [5, 5.41) is 5.40. The number of para-hydroxylation sites is 1. The van der Waals surface area contributed by atoms with Crippen LogP contribution in [0, 0.1) is 0 Å². The van der Waals surface area contributed by atoms with E-state index in [2.05, 4.69) is 51.6 Å². The average molecular weight is 386 g/mol. The van der Waals surface area contributed by atoms with Crippen LogP contribution in [0.4, 0.5) is 5.69 Å². The van der Waals surface area contributed by atoms with E-state index in [4.69, 9.17) is 0 Å². The molecule has 0 radical (unpaired) electrons. The largest absolute Gasteiger partial charge is 0.324 e. The molecule has 23 heavy (non-hydrogen) atoms. The van der Waals surface area contributed by atoms with Crippen LogP contribution in [-0.4, -0.2) is 11.7 Å². The first-order chi connectivity index (χ1) is 11.2. The van der Waals surface area contributed by atoms with Crippen LogP contribution in [0.2, 0.25) is 0 Å². The van der Waals surface area contributed by atoms with Crippen LogP contribution in [0.15, 0.2) is 71.2 Å². The number of anilines is 1. The van der Waals surface area contributed by atoms with E-state index in [1.165, 1.54) is 16.3 Å². The Balaban J connectivity index is 1.54. The van der Waals surface area contributed by atoms with Gasteiger partial charge in [0.25, 0.3) is 0 Å². The fraction of sp³-hybridized carbons (Fsp3) is 0.105. The summed E-state index contributed by atoms with van der Waals surface area (Å²) in [7, 11) is 0. The zero-order chi connectivity index (χ0) is 16.1. The second kappa shape index (κ2) is 7.66. The number of thioether (sulfide) groups is 1. The minimum atomic E-state index is 0.0164. The molecule has 0 spiro atoms. The monoisotopic (exact) mass is 385 g/mol.